The summed E-state index contributed by atoms with van der Waals surface area (Å²) >= 11 is 8.73. The van der Waals surface area contributed by atoms with Gasteiger partial charge >= 0.3 is 0 Å². The van der Waals surface area contributed by atoms with Gasteiger partial charge in [-0.05, 0) is 78.2 Å². The quantitative estimate of drug-likeness (QED) is 0.508. The molecule has 1 fully saturated rings. The number of thiocarbonyl (C=S) groups is 1. The van der Waals surface area contributed by atoms with Crippen molar-refractivity contribution in [3.63, 3.8) is 0 Å². The monoisotopic (exact) mass is 508 g/mol. The molecular weight excluding hydrogens is 483 g/mol. The van der Waals surface area contributed by atoms with Gasteiger partial charge in [-0.2, -0.15) is 0 Å². The minimum Gasteiger partial charge on any atom is -0.396 e. The number of halogens is 2. The Morgan fingerprint density at radius 2 is 2.03 bits per heavy atom. The van der Waals surface area contributed by atoms with Crippen LogP contribution < -0.4 is 10.6 Å². The standard InChI is InChI=1S/C23H26BrFN2O3S/c1-14(2)30-18-10-17(13-28)23(12-18,16-8-9-20(25)19(24)11-16)27-22(31)26-21(29)15-6-4-3-5-7-15/h3-9,11,14,17-18,28H,10,12-13H2,1-2H3,(H2,26,27,29,31). The highest BCUT2D eigenvalue weighted by Crippen LogP contribution is 2.45. The number of rotatable bonds is 6. The highest BCUT2D eigenvalue weighted by molar-refractivity contribution is 9.10. The summed E-state index contributed by atoms with van der Waals surface area (Å²) in [5.74, 6) is -0.963. The van der Waals surface area contributed by atoms with Crippen molar-refractivity contribution in [1.29, 1.82) is 0 Å². The zero-order chi connectivity index (χ0) is 22.6. The molecule has 2 aromatic rings. The van der Waals surface area contributed by atoms with Crippen LogP contribution in [0.3, 0.4) is 0 Å². The van der Waals surface area contributed by atoms with Gasteiger partial charge in [0, 0.05) is 24.5 Å². The summed E-state index contributed by atoms with van der Waals surface area (Å²) in [5.41, 5.74) is 0.411. The van der Waals surface area contributed by atoms with Crippen LogP contribution in [-0.4, -0.2) is 34.9 Å². The van der Waals surface area contributed by atoms with Gasteiger partial charge in [0.15, 0.2) is 5.11 Å². The molecule has 3 rings (SSSR count). The lowest BCUT2D eigenvalue weighted by atomic mass is 9.80. The smallest absolute Gasteiger partial charge is 0.257 e. The summed E-state index contributed by atoms with van der Waals surface area (Å²) in [7, 11) is 0. The zero-order valence-electron chi connectivity index (χ0n) is 17.4. The van der Waals surface area contributed by atoms with Crippen molar-refractivity contribution >= 4 is 39.2 Å². The maximum Gasteiger partial charge on any atom is 0.257 e. The fraction of sp³-hybridized carbons (Fsp3) is 0.391. The number of carbonyl (C=O) groups is 1. The van der Waals surface area contributed by atoms with Gasteiger partial charge in [-0.25, -0.2) is 4.39 Å². The molecule has 0 aromatic heterocycles. The van der Waals surface area contributed by atoms with E-state index in [1.165, 1.54) is 6.07 Å². The van der Waals surface area contributed by atoms with E-state index < -0.39 is 5.54 Å². The fourth-order valence-electron chi connectivity index (χ4n) is 4.20. The van der Waals surface area contributed by atoms with Crippen molar-refractivity contribution in [2.45, 2.75) is 44.4 Å². The normalized spacial score (nSPS) is 23.0. The number of carbonyl (C=O) groups excluding carboxylic acids is 1. The van der Waals surface area contributed by atoms with Gasteiger partial charge in [0.2, 0.25) is 0 Å². The van der Waals surface area contributed by atoms with Gasteiger partial charge < -0.3 is 15.2 Å². The van der Waals surface area contributed by atoms with Crippen LogP contribution in [0.1, 0.15) is 42.6 Å². The lowest BCUT2D eigenvalue weighted by Crippen LogP contribution is -2.54. The minimum atomic E-state index is -0.828. The lowest BCUT2D eigenvalue weighted by Gasteiger charge is -2.37. The summed E-state index contributed by atoms with van der Waals surface area (Å²) < 4.78 is 20.3. The van der Waals surface area contributed by atoms with Crippen LogP contribution in [0.2, 0.25) is 0 Å². The molecule has 2 aromatic carbocycles. The molecule has 0 bridgehead atoms. The lowest BCUT2D eigenvalue weighted by molar-refractivity contribution is 0.00697. The Morgan fingerprint density at radius 1 is 1.32 bits per heavy atom. The van der Waals surface area contributed by atoms with Crippen LogP contribution in [0.4, 0.5) is 4.39 Å². The second-order valence-electron chi connectivity index (χ2n) is 8.00. The third kappa shape index (κ3) is 5.49. The Kier molecular flexibility index (Phi) is 7.80. The summed E-state index contributed by atoms with van der Waals surface area (Å²) in [6.45, 7) is 3.80. The molecule has 1 saturated carbocycles. The maximum atomic E-state index is 13.9. The van der Waals surface area contributed by atoms with Gasteiger partial charge in [0.25, 0.3) is 5.91 Å². The molecule has 8 heteroatoms. The molecule has 3 unspecified atom stereocenters. The van der Waals surface area contributed by atoms with E-state index in [0.29, 0.717) is 22.9 Å². The molecular formula is C23H26BrFN2O3S. The molecule has 0 radical (unpaired) electrons. The van der Waals surface area contributed by atoms with E-state index in [0.717, 1.165) is 5.56 Å². The summed E-state index contributed by atoms with van der Waals surface area (Å²) in [6.07, 6.45) is 1.01. The number of aliphatic hydroxyl groups is 1. The average Bonchev–Trinajstić information content (AvgIpc) is 3.07. The Hall–Kier alpha value is -1.87. The van der Waals surface area contributed by atoms with Gasteiger partial charge in [-0.3, -0.25) is 10.1 Å². The number of hydrogen-bond donors (Lipinski definition) is 3. The predicted octanol–water partition coefficient (Wildman–Crippen LogP) is 4.28. The summed E-state index contributed by atoms with van der Waals surface area (Å²) in [4.78, 5) is 12.6. The second-order valence-corrected chi connectivity index (χ2v) is 9.26. The molecule has 5 nitrogen and oxygen atoms in total. The highest BCUT2D eigenvalue weighted by Gasteiger charge is 2.49. The third-order valence-electron chi connectivity index (χ3n) is 5.51. The van der Waals surface area contributed by atoms with E-state index in [9.17, 15) is 14.3 Å². The van der Waals surface area contributed by atoms with Crippen LogP contribution in [0, 0.1) is 11.7 Å². The van der Waals surface area contributed by atoms with E-state index in [1.807, 2.05) is 19.9 Å². The van der Waals surface area contributed by atoms with Gasteiger partial charge in [0.05, 0.1) is 22.2 Å². The summed E-state index contributed by atoms with van der Waals surface area (Å²) in [6, 6.07) is 13.5. The topological polar surface area (TPSA) is 70.6 Å². The SMILES string of the molecule is CC(C)OC1CC(CO)C(NC(=S)NC(=O)c2ccccc2)(c2ccc(F)c(Br)c2)C1. The van der Waals surface area contributed by atoms with E-state index in [-0.39, 0.29) is 41.6 Å². The van der Waals surface area contributed by atoms with Crippen molar-refractivity contribution in [2.75, 3.05) is 6.61 Å². The van der Waals surface area contributed by atoms with Crippen molar-refractivity contribution in [1.82, 2.24) is 10.6 Å². The highest BCUT2D eigenvalue weighted by atomic mass is 79.9. The molecule has 3 N–H and O–H groups in total. The van der Waals surface area contributed by atoms with Crippen LogP contribution in [0.25, 0.3) is 0 Å². The van der Waals surface area contributed by atoms with E-state index >= 15 is 0 Å². The zero-order valence-corrected chi connectivity index (χ0v) is 19.8. The van der Waals surface area contributed by atoms with Crippen LogP contribution in [0.15, 0.2) is 53.0 Å². The van der Waals surface area contributed by atoms with Crippen LogP contribution in [0.5, 0.6) is 0 Å². The molecule has 1 amide bonds. The number of benzene rings is 2. The van der Waals surface area contributed by atoms with Crippen molar-refractivity contribution in [3.8, 4) is 0 Å². The summed E-state index contributed by atoms with van der Waals surface area (Å²) in [5, 5.41) is 16.3. The number of ether oxygens (including phenoxy) is 1. The first-order valence-electron chi connectivity index (χ1n) is 10.2. The van der Waals surface area contributed by atoms with Crippen molar-refractivity contribution < 1.29 is 19.0 Å². The van der Waals surface area contributed by atoms with Gasteiger partial charge in [0.1, 0.15) is 5.82 Å². The molecule has 1 aliphatic rings. The Labute approximate surface area is 195 Å². The fourth-order valence-corrected chi connectivity index (χ4v) is 4.85. The van der Waals surface area contributed by atoms with Crippen LogP contribution in [-0.2, 0) is 10.3 Å². The second kappa shape index (κ2) is 10.2. The number of hydrogen-bond acceptors (Lipinski definition) is 4. The van der Waals surface area contributed by atoms with E-state index in [4.69, 9.17) is 17.0 Å². The molecule has 1 aliphatic carbocycles. The first-order valence-corrected chi connectivity index (χ1v) is 11.4. The first-order chi connectivity index (χ1) is 14.7. The van der Waals surface area contributed by atoms with E-state index in [2.05, 4.69) is 26.6 Å². The Balaban J connectivity index is 1.91. The molecule has 0 saturated heterocycles. The average molecular weight is 509 g/mol. The van der Waals surface area contributed by atoms with Crippen molar-refractivity contribution in [2.24, 2.45) is 5.92 Å². The largest absolute Gasteiger partial charge is 0.396 e. The maximum absolute atomic E-state index is 13.9. The van der Waals surface area contributed by atoms with Crippen molar-refractivity contribution in [3.05, 3.63) is 69.9 Å². The molecule has 31 heavy (non-hydrogen) atoms. The van der Waals surface area contributed by atoms with Crippen LogP contribution >= 0.6 is 28.1 Å². The number of amides is 1. The molecule has 166 valence electrons. The minimum absolute atomic E-state index is 0.0184. The first kappa shape index (κ1) is 23.8. The Bertz CT molecular complexity index is 944. The molecule has 3 atom stereocenters. The molecule has 0 aliphatic heterocycles. The molecule has 0 heterocycles. The predicted molar refractivity (Wildman–Crippen MR) is 125 cm³/mol. The number of nitrogens with one attached hydrogen (secondary N) is 2. The molecule has 0 spiro atoms. The van der Waals surface area contributed by atoms with Gasteiger partial charge in [-0.15, -0.1) is 0 Å². The third-order valence-corrected chi connectivity index (χ3v) is 6.33. The Morgan fingerprint density at radius 3 is 2.65 bits per heavy atom. The van der Waals surface area contributed by atoms with Gasteiger partial charge in [-0.1, -0.05) is 24.3 Å². The van der Waals surface area contributed by atoms with E-state index in [1.54, 1.807) is 36.4 Å². The number of aliphatic hydroxyl groups excluding tert-OH is 1.